The molecule has 4 aromatic rings. The lowest BCUT2D eigenvalue weighted by atomic mass is 10.0. The van der Waals surface area contributed by atoms with Crippen LogP contribution in [0.2, 0.25) is 0 Å². The van der Waals surface area contributed by atoms with Crippen molar-refractivity contribution in [1.82, 2.24) is 14.9 Å². The van der Waals surface area contributed by atoms with Crippen LogP contribution in [-0.4, -0.2) is 50.8 Å². The third-order valence-corrected chi connectivity index (χ3v) is 7.42. The molecule has 0 radical (unpaired) electrons. The molecule has 0 unspecified atom stereocenters. The summed E-state index contributed by atoms with van der Waals surface area (Å²) in [6.45, 7) is 2.97. The smallest absolute Gasteiger partial charge is 0.321 e. The molecule has 202 valence electrons. The van der Waals surface area contributed by atoms with Crippen LogP contribution in [0.1, 0.15) is 22.8 Å². The van der Waals surface area contributed by atoms with Gasteiger partial charge in [0.1, 0.15) is 18.0 Å². The molecule has 0 bridgehead atoms. The van der Waals surface area contributed by atoms with Gasteiger partial charge in [0.05, 0.1) is 24.2 Å². The second-order valence-corrected chi connectivity index (χ2v) is 10.2. The number of primary amides is 1. The molecule has 0 saturated heterocycles. The Bertz CT molecular complexity index is 1670. The largest absolute Gasteiger partial charge is 0.496 e. The van der Waals surface area contributed by atoms with Crippen molar-refractivity contribution < 1.29 is 27.5 Å². The Morgan fingerprint density at radius 3 is 2.44 bits per heavy atom. The third kappa shape index (κ3) is 5.97. The number of nitrogens with zero attached hydrogens (tertiary/aromatic N) is 2. The van der Waals surface area contributed by atoms with Gasteiger partial charge in [-0.15, -0.1) is 10.2 Å². The Morgan fingerprint density at radius 2 is 1.74 bits per heavy atom. The topological polar surface area (TPSA) is 163 Å². The average molecular weight is 550 g/mol. The predicted octanol–water partition coefficient (Wildman–Crippen LogP) is 3.30. The van der Waals surface area contributed by atoms with Crippen LogP contribution >= 0.6 is 0 Å². The van der Waals surface area contributed by atoms with Crippen LogP contribution in [0, 0.1) is 6.92 Å². The minimum Gasteiger partial charge on any atom is -0.496 e. The molecular weight excluding hydrogens is 522 g/mol. The summed E-state index contributed by atoms with van der Waals surface area (Å²) >= 11 is 0. The number of aryl methyl sites for hydroxylation is 1. The number of sulfonamides is 1. The summed E-state index contributed by atoms with van der Waals surface area (Å²) < 4.78 is 38.3. The van der Waals surface area contributed by atoms with Crippen molar-refractivity contribution in [3.05, 3.63) is 71.8 Å². The fourth-order valence-electron chi connectivity index (χ4n) is 4.01. The maximum atomic E-state index is 13.0. The average Bonchev–Trinajstić information content (AvgIpc) is 2.92. The predicted molar refractivity (Wildman–Crippen MR) is 146 cm³/mol. The number of rotatable bonds is 10. The van der Waals surface area contributed by atoms with E-state index in [2.05, 4.69) is 20.2 Å². The lowest BCUT2D eigenvalue weighted by molar-refractivity contribution is -0.141. The number of carbonyl (C=O) groups excluding carboxylic acids is 2. The van der Waals surface area contributed by atoms with Gasteiger partial charge < -0.3 is 20.5 Å². The zero-order chi connectivity index (χ0) is 28.2. The van der Waals surface area contributed by atoms with Gasteiger partial charge in [0.2, 0.25) is 10.0 Å². The summed E-state index contributed by atoms with van der Waals surface area (Å²) in [6.07, 6.45) is 0. The molecule has 0 saturated carbocycles. The standard InChI is InChI=1S/C27H27N5O6S/c1-4-38-24(33)15-29-39(35,36)23-13-17(10-9-16(23)2)25-19-7-5-6-8-20(19)27(32-31-25)30-18-11-12-22(37-3)21(14-18)26(28)34/h5-14,29H,4,15H2,1-3H3,(H2,28,34)(H,30,32). The molecule has 0 aliphatic heterocycles. The van der Waals surface area contributed by atoms with Crippen molar-refractivity contribution in [3.63, 3.8) is 0 Å². The number of methoxy groups -OCH3 is 1. The number of hydrogen-bond acceptors (Lipinski definition) is 9. The maximum absolute atomic E-state index is 13.0. The first-order chi connectivity index (χ1) is 18.6. The van der Waals surface area contributed by atoms with Crippen LogP contribution in [0.3, 0.4) is 0 Å². The maximum Gasteiger partial charge on any atom is 0.321 e. The van der Waals surface area contributed by atoms with E-state index in [4.69, 9.17) is 15.2 Å². The quantitative estimate of drug-likeness (QED) is 0.252. The number of anilines is 2. The minimum absolute atomic E-state index is 0.00888. The van der Waals surface area contributed by atoms with E-state index in [-0.39, 0.29) is 17.1 Å². The Labute approximate surface area is 225 Å². The molecule has 0 aliphatic rings. The van der Waals surface area contributed by atoms with Crippen molar-refractivity contribution in [2.45, 2.75) is 18.7 Å². The van der Waals surface area contributed by atoms with E-state index >= 15 is 0 Å². The number of esters is 1. The Hall–Kier alpha value is -4.55. The number of nitrogens with one attached hydrogen (secondary N) is 2. The molecule has 0 fully saturated rings. The van der Waals surface area contributed by atoms with Gasteiger partial charge in [-0.2, -0.15) is 4.72 Å². The number of nitrogens with two attached hydrogens (primary N) is 1. The molecule has 1 aromatic heterocycles. The van der Waals surface area contributed by atoms with Crippen molar-refractivity contribution >= 4 is 44.2 Å². The summed E-state index contributed by atoms with van der Waals surface area (Å²) in [7, 11) is -2.56. The van der Waals surface area contributed by atoms with Gasteiger partial charge in [-0.05, 0) is 43.7 Å². The molecule has 1 amide bonds. The van der Waals surface area contributed by atoms with Crippen LogP contribution in [0.4, 0.5) is 11.5 Å². The highest BCUT2D eigenvalue weighted by Gasteiger charge is 2.21. The highest BCUT2D eigenvalue weighted by atomic mass is 32.2. The van der Waals surface area contributed by atoms with Crippen LogP contribution < -0.4 is 20.5 Å². The van der Waals surface area contributed by atoms with Crippen molar-refractivity contribution in [2.24, 2.45) is 5.73 Å². The van der Waals surface area contributed by atoms with Gasteiger partial charge in [0.25, 0.3) is 5.91 Å². The normalized spacial score (nSPS) is 11.3. The van der Waals surface area contributed by atoms with E-state index in [9.17, 15) is 18.0 Å². The molecule has 0 spiro atoms. The number of amides is 1. The molecule has 12 heteroatoms. The lowest BCUT2D eigenvalue weighted by Crippen LogP contribution is -2.31. The van der Waals surface area contributed by atoms with E-state index in [1.54, 1.807) is 44.2 Å². The van der Waals surface area contributed by atoms with E-state index in [1.165, 1.54) is 13.2 Å². The first-order valence-corrected chi connectivity index (χ1v) is 13.4. The Balaban J connectivity index is 1.72. The number of carbonyl (C=O) groups is 2. The van der Waals surface area contributed by atoms with Gasteiger partial charge in [-0.25, -0.2) is 8.42 Å². The molecule has 39 heavy (non-hydrogen) atoms. The van der Waals surface area contributed by atoms with Crippen molar-refractivity contribution in [2.75, 3.05) is 25.6 Å². The zero-order valence-electron chi connectivity index (χ0n) is 21.5. The SMILES string of the molecule is CCOC(=O)CNS(=O)(=O)c1cc(-c2nnc(Nc3ccc(OC)c(C(N)=O)c3)c3ccccc23)ccc1C. The van der Waals surface area contributed by atoms with Crippen LogP contribution in [0.25, 0.3) is 22.0 Å². The van der Waals surface area contributed by atoms with E-state index < -0.39 is 28.4 Å². The molecule has 4 rings (SSSR count). The van der Waals surface area contributed by atoms with E-state index in [0.29, 0.717) is 44.8 Å². The van der Waals surface area contributed by atoms with Crippen molar-refractivity contribution in [3.8, 4) is 17.0 Å². The highest BCUT2D eigenvalue weighted by Crippen LogP contribution is 2.33. The molecule has 0 aliphatic carbocycles. The van der Waals surface area contributed by atoms with Gasteiger partial charge in [-0.1, -0.05) is 36.4 Å². The summed E-state index contributed by atoms with van der Waals surface area (Å²) in [6, 6.07) is 17.2. The third-order valence-electron chi connectivity index (χ3n) is 5.88. The number of ether oxygens (including phenoxy) is 2. The zero-order valence-corrected chi connectivity index (χ0v) is 22.3. The van der Waals surface area contributed by atoms with Gasteiger partial charge >= 0.3 is 5.97 Å². The summed E-state index contributed by atoms with van der Waals surface area (Å²) in [5.74, 6) is -0.537. The highest BCUT2D eigenvalue weighted by molar-refractivity contribution is 7.89. The first-order valence-electron chi connectivity index (χ1n) is 11.9. The number of hydrogen-bond donors (Lipinski definition) is 3. The molecule has 1 heterocycles. The van der Waals surface area contributed by atoms with Gasteiger partial charge in [-0.3, -0.25) is 9.59 Å². The number of fused-ring (bicyclic) bond motifs is 1. The van der Waals surface area contributed by atoms with E-state index in [1.807, 2.05) is 24.3 Å². The minimum atomic E-state index is -4.01. The molecule has 0 atom stereocenters. The fraction of sp³-hybridized carbons (Fsp3) is 0.185. The van der Waals surface area contributed by atoms with Crippen molar-refractivity contribution in [1.29, 1.82) is 0 Å². The molecule has 4 N–H and O–H groups in total. The summed E-state index contributed by atoms with van der Waals surface area (Å²) in [4.78, 5) is 23.5. The first kappa shape index (κ1) is 27.5. The van der Waals surface area contributed by atoms with Crippen LogP contribution in [0.5, 0.6) is 5.75 Å². The fourth-order valence-corrected chi connectivity index (χ4v) is 5.24. The molecular formula is C27H27N5O6S. The second kappa shape index (κ2) is 11.5. The number of aromatic nitrogens is 2. The van der Waals surface area contributed by atoms with Crippen LogP contribution in [-0.2, 0) is 19.6 Å². The van der Waals surface area contributed by atoms with Crippen LogP contribution in [0.15, 0.2) is 65.6 Å². The Morgan fingerprint density at radius 1 is 1.00 bits per heavy atom. The molecule has 3 aromatic carbocycles. The summed E-state index contributed by atoms with van der Waals surface area (Å²) in [5, 5.41) is 13.3. The number of benzene rings is 3. The molecule has 11 nitrogen and oxygen atoms in total. The lowest BCUT2D eigenvalue weighted by Gasteiger charge is -2.14. The van der Waals surface area contributed by atoms with E-state index in [0.717, 1.165) is 0 Å². The van der Waals surface area contributed by atoms with Gasteiger partial charge in [0, 0.05) is 22.0 Å². The second-order valence-electron chi connectivity index (χ2n) is 8.46. The Kier molecular flexibility index (Phi) is 8.07. The summed E-state index contributed by atoms with van der Waals surface area (Å²) in [5.41, 5.74) is 7.72. The van der Waals surface area contributed by atoms with Gasteiger partial charge in [0.15, 0.2) is 5.82 Å². The monoisotopic (exact) mass is 549 g/mol.